The lowest BCUT2D eigenvalue weighted by Gasteiger charge is -2.21. The van der Waals surface area contributed by atoms with Crippen LogP contribution in [0.5, 0.6) is 5.88 Å². The van der Waals surface area contributed by atoms with Crippen molar-refractivity contribution in [3.63, 3.8) is 0 Å². The van der Waals surface area contributed by atoms with E-state index in [9.17, 15) is 0 Å². The van der Waals surface area contributed by atoms with Gasteiger partial charge in [-0.3, -0.25) is 0 Å². The molecule has 0 spiro atoms. The maximum absolute atomic E-state index is 5.74. The quantitative estimate of drug-likeness (QED) is 0.810. The van der Waals surface area contributed by atoms with Crippen LogP contribution in [0.3, 0.4) is 0 Å². The molecule has 0 fully saturated rings. The largest absolute Gasteiger partial charge is 0.458 e. The van der Waals surface area contributed by atoms with E-state index in [4.69, 9.17) is 11.2 Å². The summed E-state index contributed by atoms with van der Waals surface area (Å²) in [5.41, 5.74) is 0.197. The van der Waals surface area contributed by atoms with Gasteiger partial charge in [-0.1, -0.05) is 12.8 Å². The van der Waals surface area contributed by atoms with Crippen LogP contribution in [0, 0.1) is 19.3 Å². The number of ether oxygens (including phenoxy) is 1. The molecule has 1 N–H and O–H groups in total. The monoisotopic (exact) mass is 233 g/mol. The lowest BCUT2D eigenvalue weighted by Crippen LogP contribution is -2.27. The summed E-state index contributed by atoms with van der Waals surface area (Å²) >= 11 is 0. The minimum atomic E-state index is -0.671. The van der Waals surface area contributed by atoms with Crippen LogP contribution in [0.15, 0.2) is 0 Å². The molecule has 1 rings (SSSR count). The van der Waals surface area contributed by atoms with Crippen molar-refractivity contribution in [1.29, 1.82) is 0 Å². The van der Waals surface area contributed by atoms with Crippen LogP contribution in [-0.2, 0) is 6.42 Å². The van der Waals surface area contributed by atoms with Gasteiger partial charge in [0, 0.05) is 13.5 Å². The van der Waals surface area contributed by atoms with Gasteiger partial charge in [0.15, 0.2) is 5.60 Å². The third-order valence-corrected chi connectivity index (χ3v) is 2.40. The van der Waals surface area contributed by atoms with E-state index < -0.39 is 5.60 Å². The summed E-state index contributed by atoms with van der Waals surface area (Å²) in [5.74, 6) is 4.65. The predicted molar refractivity (Wildman–Crippen MR) is 69.2 cm³/mol. The van der Waals surface area contributed by atoms with E-state index in [1.807, 2.05) is 34.7 Å². The van der Waals surface area contributed by atoms with Gasteiger partial charge >= 0.3 is 0 Å². The fourth-order valence-corrected chi connectivity index (χ4v) is 1.31. The lowest BCUT2D eigenvalue weighted by atomic mass is 10.1. The van der Waals surface area contributed by atoms with E-state index in [1.54, 1.807) is 0 Å². The number of nitrogens with zero attached hydrogens (tertiary/aromatic N) is 2. The Morgan fingerprint density at radius 2 is 2.06 bits per heavy atom. The fraction of sp³-hybridized carbons (Fsp3) is 0.538. The fourth-order valence-electron chi connectivity index (χ4n) is 1.31. The number of terminal acetylenes is 1. The number of hydrogen-bond donors (Lipinski definition) is 1. The highest BCUT2D eigenvalue weighted by atomic mass is 16.5. The van der Waals surface area contributed by atoms with Crippen LogP contribution >= 0.6 is 0 Å². The first-order chi connectivity index (χ1) is 7.93. The molecule has 0 saturated carbocycles. The van der Waals surface area contributed by atoms with Crippen molar-refractivity contribution in [3.05, 3.63) is 11.4 Å². The minimum absolute atomic E-state index is 0.546. The van der Waals surface area contributed by atoms with E-state index in [1.165, 1.54) is 0 Å². The van der Waals surface area contributed by atoms with E-state index in [0.717, 1.165) is 23.6 Å². The molecule has 0 atom stereocenters. The highest BCUT2D eigenvalue weighted by molar-refractivity contribution is 5.48. The molecule has 0 aliphatic heterocycles. The number of hydrogen-bond acceptors (Lipinski definition) is 4. The molecule has 1 aromatic rings. The van der Waals surface area contributed by atoms with Gasteiger partial charge in [-0.25, -0.2) is 4.98 Å². The first-order valence-corrected chi connectivity index (χ1v) is 5.65. The summed E-state index contributed by atoms with van der Waals surface area (Å²) < 4.78 is 5.74. The van der Waals surface area contributed by atoms with Crippen molar-refractivity contribution in [1.82, 2.24) is 9.97 Å². The molecule has 0 saturated heterocycles. The smallest absolute Gasteiger partial charge is 0.223 e. The van der Waals surface area contributed by atoms with Crippen molar-refractivity contribution in [2.45, 2.75) is 39.7 Å². The first-order valence-electron chi connectivity index (χ1n) is 5.65. The van der Waals surface area contributed by atoms with Crippen molar-refractivity contribution < 1.29 is 4.74 Å². The van der Waals surface area contributed by atoms with E-state index in [-0.39, 0.29) is 0 Å². The molecule has 0 aliphatic carbocycles. The Hall–Kier alpha value is -1.76. The molecular formula is C13H19N3O. The summed E-state index contributed by atoms with van der Waals surface area (Å²) in [7, 11) is 1.82. The Kier molecular flexibility index (Phi) is 3.95. The molecule has 0 amide bonds. The third kappa shape index (κ3) is 3.10. The van der Waals surface area contributed by atoms with Crippen LogP contribution in [0.25, 0.3) is 0 Å². The molecule has 0 aromatic carbocycles. The summed E-state index contributed by atoms with van der Waals surface area (Å²) in [6.07, 6.45) is 6.16. The Morgan fingerprint density at radius 1 is 1.41 bits per heavy atom. The van der Waals surface area contributed by atoms with Gasteiger partial charge in [0.1, 0.15) is 11.6 Å². The zero-order valence-electron chi connectivity index (χ0n) is 11.1. The van der Waals surface area contributed by atoms with Crippen LogP contribution in [0.1, 0.15) is 32.2 Å². The Bertz CT molecular complexity index is 447. The van der Waals surface area contributed by atoms with Crippen LogP contribution in [0.4, 0.5) is 5.82 Å². The standard InChI is InChI=1S/C13H19N3O/c1-7-10-15-11(14-6)9(3)12(16-10)17-13(4,5)8-2/h2H,7H2,1,3-6H3,(H,14,15,16). The zero-order valence-corrected chi connectivity index (χ0v) is 11.1. The summed E-state index contributed by atoms with van der Waals surface area (Å²) in [6, 6.07) is 0. The average Bonchev–Trinajstić information content (AvgIpc) is 2.31. The average molecular weight is 233 g/mol. The topological polar surface area (TPSA) is 47.0 Å². The van der Waals surface area contributed by atoms with E-state index in [0.29, 0.717) is 5.88 Å². The van der Waals surface area contributed by atoms with Crippen molar-refractivity contribution in [2.75, 3.05) is 12.4 Å². The van der Waals surface area contributed by atoms with E-state index >= 15 is 0 Å². The number of nitrogens with one attached hydrogen (secondary N) is 1. The van der Waals surface area contributed by atoms with Crippen molar-refractivity contribution in [2.24, 2.45) is 0 Å². The molecule has 4 heteroatoms. The van der Waals surface area contributed by atoms with Crippen LogP contribution in [0.2, 0.25) is 0 Å². The second-order valence-electron chi connectivity index (χ2n) is 4.28. The normalized spacial score (nSPS) is 10.8. The Labute approximate surface area is 103 Å². The Morgan fingerprint density at radius 3 is 2.53 bits per heavy atom. The number of aromatic nitrogens is 2. The van der Waals surface area contributed by atoms with Gasteiger partial charge in [0.25, 0.3) is 0 Å². The second kappa shape index (κ2) is 5.05. The number of aryl methyl sites for hydroxylation is 1. The molecule has 0 aliphatic rings. The highest BCUT2D eigenvalue weighted by Gasteiger charge is 2.20. The highest BCUT2D eigenvalue weighted by Crippen LogP contribution is 2.25. The molecule has 4 nitrogen and oxygen atoms in total. The summed E-state index contributed by atoms with van der Waals surface area (Å²) in [5, 5.41) is 3.03. The molecule has 0 unspecified atom stereocenters. The maximum atomic E-state index is 5.74. The van der Waals surface area contributed by atoms with Crippen molar-refractivity contribution >= 4 is 5.82 Å². The maximum Gasteiger partial charge on any atom is 0.223 e. The molecule has 1 heterocycles. The number of rotatable bonds is 4. The predicted octanol–water partition coefficient (Wildman–Crippen LogP) is 2.18. The summed E-state index contributed by atoms with van der Waals surface area (Å²) in [4.78, 5) is 8.74. The van der Waals surface area contributed by atoms with Crippen molar-refractivity contribution in [3.8, 4) is 18.2 Å². The molecule has 17 heavy (non-hydrogen) atoms. The second-order valence-corrected chi connectivity index (χ2v) is 4.28. The molecule has 0 bridgehead atoms. The molecule has 92 valence electrons. The van der Waals surface area contributed by atoms with Gasteiger partial charge in [-0.15, -0.1) is 6.42 Å². The number of anilines is 1. The van der Waals surface area contributed by atoms with E-state index in [2.05, 4.69) is 21.2 Å². The molecular weight excluding hydrogens is 214 g/mol. The third-order valence-electron chi connectivity index (χ3n) is 2.40. The minimum Gasteiger partial charge on any atom is -0.458 e. The zero-order chi connectivity index (χ0) is 13.1. The van der Waals surface area contributed by atoms with Crippen LogP contribution in [-0.4, -0.2) is 22.6 Å². The van der Waals surface area contributed by atoms with Gasteiger partial charge in [0.2, 0.25) is 5.88 Å². The van der Waals surface area contributed by atoms with Gasteiger partial charge < -0.3 is 10.1 Å². The summed E-state index contributed by atoms with van der Waals surface area (Å²) in [6.45, 7) is 7.58. The van der Waals surface area contributed by atoms with Gasteiger partial charge in [-0.05, 0) is 20.8 Å². The molecule has 0 radical (unpaired) electrons. The lowest BCUT2D eigenvalue weighted by molar-refractivity contribution is 0.162. The van der Waals surface area contributed by atoms with Gasteiger partial charge in [-0.2, -0.15) is 4.98 Å². The first kappa shape index (κ1) is 13.3. The molecule has 1 aromatic heterocycles. The SMILES string of the molecule is C#CC(C)(C)Oc1nc(CC)nc(NC)c1C. The van der Waals surface area contributed by atoms with Crippen LogP contribution < -0.4 is 10.1 Å². The Balaban J connectivity index is 3.19. The van der Waals surface area contributed by atoms with Gasteiger partial charge in [0.05, 0.1) is 5.56 Å².